The zero-order valence-electron chi connectivity index (χ0n) is 14.4. The lowest BCUT2D eigenvalue weighted by atomic mass is 9.85. The van der Waals surface area contributed by atoms with Crippen molar-refractivity contribution in [1.29, 1.82) is 0 Å². The van der Waals surface area contributed by atoms with E-state index in [1.54, 1.807) is 24.3 Å². The molecule has 2 rings (SSSR count). The number of aromatic carboxylic acids is 1. The van der Waals surface area contributed by atoms with Crippen molar-refractivity contribution in [3.05, 3.63) is 53.6 Å². The molecule has 0 atom stereocenters. The second kappa shape index (κ2) is 7.25. The van der Waals surface area contributed by atoms with Crippen LogP contribution in [0.1, 0.15) is 36.7 Å². The number of anilines is 1. The molecule has 0 fully saturated rings. The number of amides is 1. The third kappa shape index (κ3) is 4.97. The van der Waals surface area contributed by atoms with Gasteiger partial charge in [-0.1, -0.05) is 20.8 Å². The third-order valence-electron chi connectivity index (χ3n) is 3.54. The van der Waals surface area contributed by atoms with Crippen LogP contribution in [0.15, 0.2) is 42.5 Å². The Hall–Kier alpha value is -3.02. The van der Waals surface area contributed by atoms with Gasteiger partial charge in [-0.25, -0.2) is 4.79 Å². The van der Waals surface area contributed by atoms with E-state index in [1.165, 1.54) is 18.2 Å². The first-order valence-electron chi connectivity index (χ1n) is 7.76. The molecular formula is C19H21NO5. The largest absolute Gasteiger partial charge is 0.508 e. The summed E-state index contributed by atoms with van der Waals surface area (Å²) in [6, 6.07) is 10.7. The summed E-state index contributed by atoms with van der Waals surface area (Å²) in [5, 5.41) is 21.0. The van der Waals surface area contributed by atoms with E-state index in [0.29, 0.717) is 17.0 Å². The summed E-state index contributed by atoms with van der Waals surface area (Å²) in [7, 11) is 0. The second-order valence-corrected chi connectivity index (χ2v) is 6.65. The Labute approximate surface area is 146 Å². The molecule has 0 bridgehead atoms. The van der Waals surface area contributed by atoms with Crippen LogP contribution < -0.4 is 10.1 Å². The quantitative estimate of drug-likeness (QED) is 0.723. The molecule has 0 saturated carbocycles. The van der Waals surface area contributed by atoms with Crippen LogP contribution in [0.25, 0.3) is 0 Å². The first kappa shape index (κ1) is 18.3. The van der Waals surface area contributed by atoms with Crippen molar-refractivity contribution in [2.75, 3.05) is 11.9 Å². The number of benzene rings is 2. The topological polar surface area (TPSA) is 95.9 Å². The molecular weight excluding hydrogens is 322 g/mol. The maximum Gasteiger partial charge on any atom is 0.335 e. The Kier molecular flexibility index (Phi) is 5.32. The summed E-state index contributed by atoms with van der Waals surface area (Å²) in [5.41, 5.74) is 1.09. The zero-order valence-corrected chi connectivity index (χ0v) is 14.4. The van der Waals surface area contributed by atoms with Gasteiger partial charge in [-0.3, -0.25) is 4.79 Å². The zero-order chi connectivity index (χ0) is 18.6. The minimum Gasteiger partial charge on any atom is -0.508 e. The smallest absolute Gasteiger partial charge is 0.335 e. The van der Waals surface area contributed by atoms with Crippen LogP contribution in [-0.2, 0) is 10.2 Å². The van der Waals surface area contributed by atoms with Crippen molar-refractivity contribution in [1.82, 2.24) is 0 Å². The first-order valence-corrected chi connectivity index (χ1v) is 7.76. The lowest BCUT2D eigenvalue weighted by Crippen LogP contribution is -2.22. The van der Waals surface area contributed by atoms with Crippen LogP contribution in [0.3, 0.4) is 0 Å². The van der Waals surface area contributed by atoms with Crippen molar-refractivity contribution in [3.8, 4) is 11.5 Å². The van der Waals surface area contributed by atoms with Gasteiger partial charge < -0.3 is 20.3 Å². The number of carboxylic acids is 1. The summed E-state index contributed by atoms with van der Waals surface area (Å²) in [6.45, 7) is 5.61. The molecule has 0 aromatic heterocycles. The summed E-state index contributed by atoms with van der Waals surface area (Å²) in [4.78, 5) is 23.2. The van der Waals surface area contributed by atoms with Crippen LogP contribution in [0.2, 0.25) is 0 Å². The number of aromatic hydroxyl groups is 1. The summed E-state index contributed by atoms with van der Waals surface area (Å²) in [5.74, 6) is -0.782. The number of rotatable bonds is 5. The number of carboxylic acid groups (broad SMARTS) is 1. The molecule has 3 N–H and O–H groups in total. The summed E-state index contributed by atoms with van der Waals surface area (Å²) < 4.78 is 5.60. The molecule has 0 heterocycles. The van der Waals surface area contributed by atoms with Gasteiger partial charge in [0.15, 0.2) is 6.61 Å². The van der Waals surface area contributed by atoms with Gasteiger partial charge in [0.1, 0.15) is 11.5 Å². The normalized spacial score (nSPS) is 11.0. The number of carbonyl (C=O) groups is 2. The summed E-state index contributed by atoms with van der Waals surface area (Å²) >= 11 is 0. The van der Waals surface area contributed by atoms with Crippen LogP contribution in [0.4, 0.5) is 5.69 Å². The standard InChI is InChI=1S/C19H21NO5/c1-19(2,3)15-10-12(18(23)24)4-9-16(15)25-11-17(22)20-13-5-7-14(21)8-6-13/h4-10,21H,11H2,1-3H3,(H,20,22)(H,23,24). The molecule has 132 valence electrons. The molecule has 2 aromatic carbocycles. The van der Waals surface area contributed by atoms with E-state index < -0.39 is 5.97 Å². The number of carbonyl (C=O) groups excluding carboxylic acids is 1. The average Bonchev–Trinajstić information content (AvgIpc) is 2.54. The van der Waals surface area contributed by atoms with Crippen molar-refractivity contribution in [2.45, 2.75) is 26.2 Å². The molecule has 1 amide bonds. The highest BCUT2D eigenvalue weighted by Crippen LogP contribution is 2.32. The van der Waals surface area contributed by atoms with Crippen molar-refractivity contribution in [2.24, 2.45) is 0 Å². The Bertz CT molecular complexity index is 775. The van der Waals surface area contributed by atoms with Crippen LogP contribution in [0, 0.1) is 0 Å². The minimum absolute atomic E-state index is 0.114. The maximum atomic E-state index is 12.0. The molecule has 0 saturated heterocycles. The van der Waals surface area contributed by atoms with Crippen LogP contribution in [-0.4, -0.2) is 28.7 Å². The first-order chi connectivity index (χ1) is 11.7. The SMILES string of the molecule is CC(C)(C)c1cc(C(=O)O)ccc1OCC(=O)Nc1ccc(O)cc1. The van der Waals surface area contributed by atoms with E-state index in [2.05, 4.69) is 5.32 Å². The fourth-order valence-corrected chi connectivity index (χ4v) is 2.26. The van der Waals surface area contributed by atoms with Gasteiger partial charge in [0, 0.05) is 11.3 Å². The molecule has 0 aliphatic heterocycles. The molecule has 0 radical (unpaired) electrons. The van der Waals surface area contributed by atoms with Crippen LogP contribution >= 0.6 is 0 Å². The van der Waals surface area contributed by atoms with E-state index in [4.69, 9.17) is 9.84 Å². The van der Waals surface area contributed by atoms with E-state index >= 15 is 0 Å². The molecule has 0 aliphatic rings. The monoisotopic (exact) mass is 343 g/mol. The fraction of sp³-hybridized carbons (Fsp3) is 0.263. The van der Waals surface area contributed by atoms with E-state index in [0.717, 1.165) is 0 Å². The highest BCUT2D eigenvalue weighted by molar-refractivity contribution is 5.92. The van der Waals surface area contributed by atoms with Gasteiger partial charge in [-0.15, -0.1) is 0 Å². The van der Waals surface area contributed by atoms with Crippen LogP contribution in [0.5, 0.6) is 11.5 Å². The lowest BCUT2D eigenvalue weighted by molar-refractivity contribution is -0.118. The van der Waals surface area contributed by atoms with Gasteiger partial charge in [0.25, 0.3) is 5.91 Å². The Morgan fingerprint density at radius 3 is 2.28 bits per heavy atom. The lowest BCUT2D eigenvalue weighted by Gasteiger charge is -2.23. The highest BCUT2D eigenvalue weighted by Gasteiger charge is 2.21. The Morgan fingerprint density at radius 1 is 1.08 bits per heavy atom. The Balaban J connectivity index is 2.10. The molecule has 6 heteroatoms. The predicted molar refractivity (Wildman–Crippen MR) is 94.3 cm³/mol. The summed E-state index contributed by atoms with van der Waals surface area (Å²) in [6.07, 6.45) is 0. The highest BCUT2D eigenvalue weighted by atomic mass is 16.5. The van der Waals surface area contributed by atoms with Gasteiger partial charge >= 0.3 is 5.97 Å². The second-order valence-electron chi connectivity index (χ2n) is 6.65. The molecule has 6 nitrogen and oxygen atoms in total. The van der Waals surface area contributed by atoms with E-state index in [9.17, 15) is 14.7 Å². The van der Waals surface area contributed by atoms with Gasteiger partial charge in [-0.2, -0.15) is 0 Å². The van der Waals surface area contributed by atoms with Crippen molar-refractivity contribution in [3.63, 3.8) is 0 Å². The number of phenols is 1. The average molecular weight is 343 g/mol. The van der Waals surface area contributed by atoms with E-state index in [1.807, 2.05) is 20.8 Å². The fourth-order valence-electron chi connectivity index (χ4n) is 2.26. The van der Waals surface area contributed by atoms with Crippen molar-refractivity contribution >= 4 is 17.6 Å². The van der Waals surface area contributed by atoms with Gasteiger partial charge in [-0.05, 0) is 47.9 Å². The number of nitrogens with one attached hydrogen (secondary N) is 1. The third-order valence-corrected chi connectivity index (χ3v) is 3.54. The number of hydrogen-bond donors (Lipinski definition) is 3. The van der Waals surface area contributed by atoms with E-state index in [-0.39, 0.29) is 29.2 Å². The molecule has 0 unspecified atom stereocenters. The number of hydrogen-bond acceptors (Lipinski definition) is 4. The molecule has 2 aromatic rings. The van der Waals surface area contributed by atoms with Crippen molar-refractivity contribution < 1.29 is 24.5 Å². The maximum absolute atomic E-state index is 12.0. The Morgan fingerprint density at radius 2 is 1.72 bits per heavy atom. The molecule has 0 spiro atoms. The number of phenolic OH excluding ortho intramolecular Hbond substituents is 1. The molecule has 0 aliphatic carbocycles. The minimum atomic E-state index is -1.01. The predicted octanol–water partition coefficient (Wildman–Crippen LogP) is 3.41. The van der Waals surface area contributed by atoms with Gasteiger partial charge in [0.2, 0.25) is 0 Å². The van der Waals surface area contributed by atoms with Gasteiger partial charge in [0.05, 0.1) is 5.56 Å². The number of ether oxygens (including phenoxy) is 1. The molecule has 25 heavy (non-hydrogen) atoms.